The fourth-order valence-corrected chi connectivity index (χ4v) is 1.38. The Morgan fingerprint density at radius 3 is 2.32 bits per heavy atom. The molecule has 0 N–H and O–H groups in total. The molecule has 0 aliphatic rings. The van der Waals surface area contributed by atoms with E-state index in [9.17, 15) is 4.39 Å². The third kappa shape index (κ3) is 5.83. The van der Waals surface area contributed by atoms with E-state index in [0.29, 0.717) is 12.0 Å². The maximum Gasteiger partial charge on any atom is 0.191 e. The van der Waals surface area contributed by atoms with Gasteiger partial charge in [0.25, 0.3) is 0 Å². The molecule has 1 rings (SSSR count). The van der Waals surface area contributed by atoms with Crippen LogP contribution in [0.2, 0.25) is 5.15 Å². The van der Waals surface area contributed by atoms with E-state index in [-0.39, 0.29) is 11.0 Å². The molecule has 19 heavy (non-hydrogen) atoms. The molecule has 0 saturated heterocycles. The zero-order valence-electron chi connectivity index (χ0n) is 12.4. The number of rotatable bonds is 4. The number of halogens is 2. The summed E-state index contributed by atoms with van der Waals surface area (Å²) in [5.74, 6) is -0.495. The topological polar surface area (TPSA) is 28.5 Å². The molecule has 5 heteroatoms. The van der Waals surface area contributed by atoms with Gasteiger partial charge in [-0.15, -0.1) is 0 Å². The van der Waals surface area contributed by atoms with Crippen molar-refractivity contribution in [2.45, 2.75) is 41.0 Å². The van der Waals surface area contributed by atoms with Crippen molar-refractivity contribution in [3.8, 4) is 0 Å². The minimum atomic E-state index is -0.497. The predicted octanol–water partition coefficient (Wildman–Crippen LogP) is 5.05. The van der Waals surface area contributed by atoms with Crippen molar-refractivity contribution >= 4 is 24.1 Å². The molecule has 0 aromatic carbocycles. The number of anilines is 1. The van der Waals surface area contributed by atoms with Crippen LogP contribution in [0.15, 0.2) is 23.9 Å². The predicted molar refractivity (Wildman–Crippen MR) is 83.5 cm³/mol. The first kappa shape index (κ1) is 19.9. The molecule has 0 atom stereocenters. The van der Waals surface area contributed by atoms with Crippen molar-refractivity contribution in [1.82, 2.24) is 4.98 Å². The summed E-state index contributed by atoms with van der Waals surface area (Å²) >= 11 is 5.86. The maximum atomic E-state index is 13.5. The van der Waals surface area contributed by atoms with Gasteiger partial charge in [0, 0.05) is 12.9 Å². The van der Waals surface area contributed by atoms with Gasteiger partial charge in [0.15, 0.2) is 11.6 Å². The summed E-state index contributed by atoms with van der Waals surface area (Å²) in [6, 6.07) is 1.34. The van der Waals surface area contributed by atoms with Crippen molar-refractivity contribution in [3.05, 3.63) is 35.4 Å². The van der Waals surface area contributed by atoms with Crippen molar-refractivity contribution in [2.24, 2.45) is 5.10 Å². The van der Waals surface area contributed by atoms with Crippen molar-refractivity contribution in [2.75, 3.05) is 5.01 Å². The fraction of sp³-hybridized carbons (Fsp3) is 0.429. The molecule has 0 unspecified atom stereocenters. The van der Waals surface area contributed by atoms with Crippen molar-refractivity contribution in [1.29, 1.82) is 0 Å². The minimum absolute atomic E-state index is 0.00204. The van der Waals surface area contributed by atoms with E-state index in [2.05, 4.69) is 23.4 Å². The first-order chi connectivity index (χ1) is 9.13. The molecule has 0 spiro atoms. The molecular weight excluding hydrogens is 265 g/mol. The second-order valence-electron chi connectivity index (χ2n) is 2.77. The zero-order chi connectivity index (χ0) is 15.4. The Labute approximate surface area is 120 Å². The molecule has 0 fully saturated rings. The van der Waals surface area contributed by atoms with Gasteiger partial charge < -0.3 is 0 Å². The SMILES string of the molecule is C=CN(N=C)c1nc(Cl)c(CC)cc1F.CC.CC. The van der Waals surface area contributed by atoms with E-state index in [0.717, 1.165) is 5.01 Å². The van der Waals surface area contributed by atoms with Gasteiger partial charge >= 0.3 is 0 Å². The van der Waals surface area contributed by atoms with Crippen LogP contribution < -0.4 is 5.01 Å². The maximum absolute atomic E-state index is 13.5. The number of pyridine rings is 1. The van der Waals surface area contributed by atoms with Crippen LogP contribution in [-0.2, 0) is 6.42 Å². The van der Waals surface area contributed by atoms with E-state index in [1.807, 2.05) is 34.6 Å². The summed E-state index contributed by atoms with van der Waals surface area (Å²) in [6.07, 6.45) is 1.93. The van der Waals surface area contributed by atoms with Gasteiger partial charge in [-0.2, -0.15) is 5.10 Å². The molecule has 0 bridgehead atoms. The van der Waals surface area contributed by atoms with Crippen LogP contribution >= 0.6 is 11.6 Å². The summed E-state index contributed by atoms with van der Waals surface area (Å²) < 4.78 is 13.5. The van der Waals surface area contributed by atoms with Crippen LogP contribution in [0.4, 0.5) is 10.2 Å². The molecule has 0 amide bonds. The number of hydrazone groups is 1. The first-order valence-electron chi connectivity index (χ1n) is 6.37. The Hall–Kier alpha value is -1.42. The Morgan fingerprint density at radius 2 is 1.95 bits per heavy atom. The van der Waals surface area contributed by atoms with E-state index >= 15 is 0 Å². The Kier molecular flexibility index (Phi) is 12.2. The fourth-order valence-electron chi connectivity index (χ4n) is 1.12. The number of hydrogen-bond acceptors (Lipinski definition) is 3. The molecule has 0 radical (unpaired) electrons. The minimum Gasteiger partial charge on any atom is -0.221 e. The summed E-state index contributed by atoms with van der Waals surface area (Å²) in [6.45, 7) is 16.6. The van der Waals surface area contributed by atoms with E-state index in [1.54, 1.807) is 0 Å². The van der Waals surface area contributed by atoms with Gasteiger partial charge in [-0.25, -0.2) is 14.4 Å². The second kappa shape index (κ2) is 11.7. The largest absolute Gasteiger partial charge is 0.221 e. The lowest BCUT2D eigenvalue weighted by Crippen LogP contribution is -2.10. The van der Waals surface area contributed by atoms with Crippen LogP contribution in [0.25, 0.3) is 0 Å². The van der Waals surface area contributed by atoms with E-state index in [1.165, 1.54) is 12.3 Å². The Balaban J connectivity index is 0. The van der Waals surface area contributed by atoms with Gasteiger partial charge in [0.05, 0.1) is 0 Å². The zero-order valence-corrected chi connectivity index (χ0v) is 13.1. The van der Waals surface area contributed by atoms with Gasteiger partial charge in [-0.3, -0.25) is 0 Å². The Morgan fingerprint density at radius 1 is 1.42 bits per heavy atom. The van der Waals surface area contributed by atoms with Crippen molar-refractivity contribution < 1.29 is 4.39 Å². The highest BCUT2D eigenvalue weighted by molar-refractivity contribution is 6.30. The molecule has 0 aliphatic heterocycles. The van der Waals surface area contributed by atoms with Gasteiger partial charge in [-0.05, 0) is 18.1 Å². The molecule has 1 aromatic heterocycles. The molecule has 1 heterocycles. The van der Waals surface area contributed by atoms with Crippen LogP contribution in [0, 0.1) is 5.82 Å². The lowest BCUT2D eigenvalue weighted by Gasteiger charge is -2.13. The lowest BCUT2D eigenvalue weighted by atomic mass is 10.2. The third-order valence-electron chi connectivity index (χ3n) is 1.91. The summed E-state index contributed by atoms with van der Waals surface area (Å²) in [5.41, 5.74) is 0.658. The van der Waals surface area contributed by atoms with Crippen LogP contribution in [-0.4, -0.2) is 11.7 Å². The summed E-state index contributed by atoms with van der Waals surface area (Å²) in [5, 5.41) is 4.93. The summed E-state index contributed by atoms with van der Waals surface area (Å²) in [4.78, 5) is 3.90. The van der Waals surface area contributed by atoms with E-state index < -0.39 is 5.82 Å². The highest BCUT2D eigenvalue weighted by Gasteiger charge is 2.13. The number of nitrogens with zero attached hydrogens (tertiary/aromatic N) is 3. The number of aryl methyl sites for hydroxylation is 1. The molecule has 0 saturated carbocycles. The lowest BCUT2D eigenvalue weighted by molar-refractivity contribution is 0.616. The molecule has 108 valence electrons. The van der Waals surface area contributed by atoms with Gasteiger partial charge in [0.2, 0.25) is 0 Å². The van der Waals surface area contributed by atoms with Crippen LogP contribution in [0.1, 0.15) is 40.2 Å². The number of aromatic nitrogens is 1. The second-order valence-corrected chi connectivity index (χ2v) is 3.12. The molecule has 3 nitrogen and oxygen atoms in total. The third-order valence-corrected chi connectivity index (χ3v) is 2.23. The van der Waals surface area contributed by atoms with E-state index in [4.69, 9.17) is 11.6 Å². The van der Waals surface area contributed by atoms with Crippen LogP contribution in [0.5, 0.6) is 0 Å². The summed E-state index contributed by atoms with van der Waals surface area (Å²) in [7, 11) is 0. The van der Waals surface area contributed by atoms with Crippen LogP contribution in [0.3, 0.4) is 0 Å². The smallest absolute Gasteiger partial charge is 0.191 e. The molecular formula is C14H23ClFN3. The highest BCUT2D eigenvalue weighted by Crippen LogP contribution is 2.23. The number of hydrogen-bond donors (Lipinski definition) is 0. The highest BCUT2D eigenvalue weighted by atomic mass is 35.5. The van der Waals surface area contributed by atoms with Crippen molar-refractivity contribution in [3.63, 3.8) is 0 Å². The van der Waals surface area contributed by atoms with Gasteiger partial charge in [0.1, 0.15) is 5.15 Å². The standard InChI is InChI=1S/C10H11ClFN3.2C2H6/c1-4-7-6-8(12)10(14-9(7)11)15(5-2)13-3;2*1-2/h5-6H,2-4H2,1H3;2*1-2H3. The first-order valence-corrected chi connectivity index (χ1v) is 6.75. The molecule has 0 aliphatic carbocycles. The van der Waals surface area contributed by atoms with Gasteiger partial charge in [-0.1, -0.05) is 52.8 Å². The molecule has 1 aromatic rings. The monoisotopic (exact) mass is 287 g/mol. The Bertz CT molecular complexity index is 387. The quantitative estimate of drug-likeness (QED) is 0.440. The normalized spacial score (nSPS) is 8.37. The average Bonchev–Trinajstić information content (AvgIpc) is 2.47. The average molecular weight is 288 g/mol.